The number of nitriles is 1. The molecule has 0 spiro atoms. The molecule has 0 bridgehead atoms. The average molecular weight is 418 g/mol. The lowest BCUT2D eigenvalue weighted by atomic mass is 9.99. The third-order valence-corrected chi connectivity index (χ3v) is 5.08. The highest BCUT2D eigenvalue weighted by Gasteiger charge is 2.48. The summed E-state index contributed by atoms with van der Waals surface area (Å²) >= 11 is 0. The number of benzene rings is 2. The normalized spacial score (nSPS) is 19.1. The van der Waals surface area contributed by atoms with Crippen LogP contribution in [0.3, 0.4) is 0 Å². The Morgan fingerprint density at radius 3 is 2.68 bits per heavy atom. The van der Waals surface area contributed by atoms with E-state index in [2.05, 4.69) is 22.5 Å². The van der Waals surface area contributed by atoms with Crippen molar-refractivity contribution in [2.75, 3.05) is 13.7 Å². The number of methoxy groups -OCH3 is 1. The largest absolute Gasteiger partial charge is 0.497 e. The Balaban J connectivity index is 1.65. The SMILES string of the molecule is COc1ccc2c(c1)C(=O)N(C[C@@]1(C#Cc3ccc(C#N)c(F)c3)NC(=O)NC1=O)C2. The van der Waals surface area contributed by atoms with E-state index in [-0.39, 0.29) is 30.1 Å². The molecule has 0 aliphatic carbocycles. The molecule has 154 valence electrons. The van der Waals surface area contributed by atoms with E-state index in [4.69, 9.17) is 10.00 Å². The summed E-state index contributed by atoms with van der Waals surface area (Å²) in [6.07, 6.45) is 0. The minimum atomic E-state index is -1.71. The van der Waals surface area contributed by atoms with Gasteiger partial charge in [0.25, 0.3) is 11.8 Å². The molecular weight excluding hydrogens is 403 g/mol. The first kappa shape index (κ1) is 19.9. The lowest BCUT2D eigenvalue weighted by molar-refractivity contribution is -0.122. The van der Waals surface area contributed by atoms with Gasteiger partial charge < -0.3 is 15.0 Å². The molecule has 1 fully saturated rings. The van der Waals surface area contributed by atoms with Crippen LogP contribution in [0.4, 0.5) is 9.18 Å². The van der Waals surface area contributed by atoms with E-state index in [1.165, 1.54) is 24.1 Å². The number of nitrogens with zero attached hydrogens (tertiary/aromatic N) is 2. The van der Waals surface area contributed by atoms with Crippen LogP contribution >= 0.6 is 0 Å². The Morgan fingerprint density at radius 2 is 2.03 bits per heavy atom. The number of carbonyl (C=O) groups excluding carboxylic acids is 3. The number of ether oxygens (including phenoxy) is 1. The van der Waals surface area contributed by atoms with Crippen LogP contribution < -0.4 is 15.4 Å². The number of urea groups is 1. The Hall–Kier alpha value is -4.37. The number of rotatable bonds is 3. The summed E-state index contributed by atoms with van der Waals surface area (Å²) < 4.78 is 19.0. The van der Waals surface area contributed by atoms with Crippen LogP contribution in [0, 0.1) is 29.0 Å². The molecule has 1 atom stereocenters. The molecule has 1 saturated heterocycles. The summed E-state index contributed by atoms with van der Waals surface area (Å²) in [5.41, 5.74) is -0.425. The molecule has 2 N–H and O–H groups in total. The van der Waals surface area contributed by atoms with Crippen molar-refractivity contribution in [3.8, 4) is 23.7 Å². The van der Waals surface area contributed by atoms with Crippen molar-refractivity contribution < 1.29 is 23.5 Å². The van der Waals surface area contributed by atoms with Crippen LogP contribution in [0.2, 0.25) is 0 Å². The third kappa shape index (κ3) is 3.53. The quantitative estimate of drug-likeness (QED) is 0.576. The number of imide groups is 1. The molecule has 4 rings (SSSR count). The van der Waals surface area contributed by atoms with Gasteiger partial charge in [0.15, 0.2) is 0 Å². The van der Waals surface area contributed by atoms with Gasteiger partial charge in [-0.15, -0.1) is 0 Å². The predicted molar refractivity (Wildman–Crippen MR) is 105 cm³/mol. The predicted octanol–water partition coefficient (Wildman–Crippen LogP) is 1.29. The van der Waals surface area contributed by atoms with E-state index in [9.17, 15) is 18.8 Å². The number of nitrogens with one attached hydrogen (secondary N) is 2. The van der Waals surface area contributed by atoms with E-state index in [0.717, 1.165) is 11.6 Å². The van der Waals surface area contributed by atoms with E-state index in [1.54, 1.807) is 24.3 Å². The van der Waals surface area contributed by atoms with Crippen molar-refractivity contribution >= 4 is 17.8 Å². The maximum atomic E-state index is 13.9. The minimum Gasteiger partial charge on any atom is -0.497 e. The molecule has 9 heteroatoms. The highest BCUT2D eigenvalue weighted by atomic mass is 19.1. The summed E-state index contributed by atoms with van der Waals surface area (Å²) in [4.78, 5) is 38.7. The summed E-state index contributed by atoms with van der Waals surface area (Å²) in [6.45, 7) is 0.0302. The number of hydrogen-bond donors (Lipinski definition) is 2. The first-order chi connectivity index (χ1) is 14.8. The van der Waals surface area contributed by atoms with Gasteiger partial charge in [-0.05, 0) is 35.9 Å². The number of amides is 4. The summed E-state index contributed by atoms with van der Waals surface area (Å²) in [7, 11) is 1.49. The topological polar surface area (TPSA) is 112 Å². The zero-order valence-electron chi connectivity index (χ0n) is 16.3. The van der Waals surface area contributed by atoms with Gasteiger partial charge in [0.1, 0.15) is 17.6 Å². The molecule has 4 amide bonds. The van der Waals surface area contributed by atoms with Crippen molar-refractivity contribution in [1.29, 1.82) is 5.26 Å². The van der Waals surface area contributed by atoms with Gasteiger partial charge in [0.05, 0.1) is 19.2 Å². The number of fused-ring (bicyclic) bond motifs is 1. The molecule has 2 heterocycles. The smallest absolute Gasteiger partial charge is 0.323 e. The second kappa shape index (κ2) is 7.47. The number of hydrogen-bond acceptors (Lipinski definition) is 5. The van der Waals surface area contributed by atoms with E-state index < -0.39 is 23.3 Å². The zero-order chi connectivity index (χ0) is 22.2. The van der Waals surface area contributed by atoms with E-state index in [1.807, 2.05) is 0 Å². The fraction of sp³-hybridized carbons (Fsp3) is 0.182. The van der Waals surface area contributed by atoms with Gasteiger partial charge in [-0.2, -0.15) is 5.26 Å². The number of carbonyl (C=O) groups is 3. The van der Waals surface area contributed by atoms with Crippen LogP contribution in [0.15, 0.2) is 36.4 Å². The maximum absolute atomic E-state index is 13.9. The van der Waals surface area contributed by atoms with Crippen molar-refractivity contribution in [2.45, 2.75) is 12.1 Å². The molecule has 2 aliphatic heterocycles. The molecule has 2 aromatic carbocycles. The zero-order valence-corrected chi connectivity index (χ0v) is 16.3. The van der Waals surface area contributed by atoms with Gasteiger partial charge in [0.2, 0.25) is 5.54 Å². The average Bonchev–Trinajstić information content (AvgIpc) is 3.21. The van der Waals surface area contributed by atoms with Crippen LogP contribution in [0.5, 0.6) is 5.75 Å². The Labute approximate surface area is 176 Å². The molecule has 2 aliphatic rings. The van der Waals surface area contributed by atoms with E-state index >= 15 is 0 Å². The minimum absolute atomic E-state index is 0.136. The molecule has 0 radical (unpaired) electrons. The van der Waals surface area contributed by atoms with Gasteiger partial charge in [0, 0.05) is 17.7 Å². The van der Waals surface area contributed by atoms with Gasteiger partial charge in [-0.3, -0.25) is 14.9 Å². The molecular formula is C22H15FN4O4. The van der Waals surface area contributed by atoms with Gasteiger partial charge in [-0.25, -0.2) is 9.18 Å². The first-order valence-corrected chi connectivity index (χ1v) is 9.18. The van der Waals surface area contributed by atoms with Crippen molar-refractivity contribution in [3.63, 3.8) is 0 Å². The summed E-state index contributed by atoms with van der Waals surface area (Å²) in [5, 5.41) is 13.5. The highest BCUT2D eigenvalue weighted by Crippen LogP contribution is 2.28. The van der Waals surface area contributed by atoms with Crippen LogP contribution in [-0.2, 0) is 11.3 Å². The second-order valence-corrected chi connectivity index (χ2v) is 7.05. The first-order valence-electron chi connectivity index (χ1n) is 9.18. The monoisotopic (exact) mass is 418 g/mol. The molecule has 0 aromatic heterocycles. The fourth-order valence-corrected chi connectivity index (χ4v) is 3.47. The van der Waals surface area contributed by atoms with Crippen molar-refractivity contribution in [2.24, 2.45) is 0 Å². The van der Waals surface area contributed by atoms with Crippen LogP contribution in [0.25, 0.3) is 0 Å². The number of halogens is 1. The van der Waals surface area contributed by atoms with Crippen LogP contribution in [0.1, 0.15) is 27.0 Å². The third-order valence-electron chi connectivity index (χ3n) is 5.08. The lowest BCUT2D eigenvalue weighted by Gasteiger charge is -2.26. The molecule has 0 saturated carbocycles. The Kier molecular flexibility index (Phi) is 4.80. The maximum Gasteiger partial charge on any atom is 0.323 e. The summed E-state index contributed by atoms with van der Waals surface area (Å²) in [6, 6.07) is 9.85. The van der Waals surface area contributed by atoms with E-state index in [0.29, 0.717) is 11.3 Å². The molecule has 31 heavy (non-hydrogen) atoms. The molecule has 0 unspecified atom stereocenters. The van der Waals surface area contributed by atoms with Crippen molar-refractivity contribution in [1.82, 2.24) is 15.5 Å². The highest BCUT2D eigenvalue weighted by molar-refractivity contribution is 6.10. The van der Waals surface area contributed by atoms with Crippen molar-refractivity contribution in [3.05, 3.63) is 64.5 Å². The summed E-state index contributed by atoms with van der Waals surface area (Å²) in [5.74, 6) is 4.10. The Morgan fingerprint density at radius 1 is 1.23 bits per heavy atom. The second-order valence-electron chi connectivity index (χ2n) is 7.05. The Bertz CT molecular complexity index is 1240. The standard InChI is InChI=1S/C22H15FN4O4/c1-31-16-5-4-15-11-27(19(28)17(15)9-16)12-22(20(29)25-21(30)26-22)7-6-13-2-3-14(10-24)18(23)8-13/h2-5,8-9H,11-12H2,1H3,(H2,25,26,29,30)/t22-/m1/s1. The van der Waals surface area contributed by atoms with Gasteiger partial charge in [-0.1, -0.05) is 17.9 Å². The molecule has 8 nitrogen and oxygen atoms in total. The van der Waals surface area contributed by atoms with Crippen LogP contribution in [-0.4, -0.2) is 41.9 Å². The lowest BCUT2D eigenvalue weighted by Crippen LogP contribution is -2.54. The fourth-order valence-electron chi connectivity index (χ4n) is 3.47. The molecule has 2 aromatic rings. The van der Waals surface area contributed by atoms with Gasteiger partial charge >= 0.3 is 6.03 Å².